The van der Waals surface area contributed by atoms with Crippen molar-refractivity contribution in [2.45, 2.75) is 40.0 Å². The van der Waals surface area contributed by atoms with Crippen molar-refractivity contribution in [3.8, 4) is 6.07 Å². The molecule has 0 bridgehead atoms. The molecule has 0 aliphatic heterocycles. The van der Waals surface area contributed by atoms with Crippen LogP contribution >= 0.6 is 11.3 Å². The lowest BCUT2D eigenvalue weighted by Crippen LogP contribution is -2.30. The van der Waals surface area contributed by atoms with E-state index in [0.717, 1.165) is 5.56 Å². The lowest BCUT2D eigenvalue weighted by Gasteiger charge is -2.17. The fraction of sp³-hybridized carbons (Fsp3) is 0.381. The van der Waals surface area contributed by atoms with Gasteiger partial charge >= 0.3 is 0 Å². The van der Waals surface area contributed by atoms with Gasteiger partial charge in [0.05, 0.1) is 16.4 Å². The quantitative estimate of drug-likeness (QED) is 0.763. The normalized spacial score (nSPS) is 11.5. The molecule has 5 nitrogen and oxygen atoms in total. The van der Waals surface area contributed by atoms with E-state index in [1.165, 1.54) is 11.3 Å². The summed E-state index contributed by atoms with van der Waals surface area (Å²) in [6.45, 7) is 8.76. The molecule has 0 aliphatic carbocycles. The molecule has 0 aliphatic rings. The maximum atomic E-state index is 12.8. The molecule has 1 heterocycles. The first-order valence-corrected chi connectivity index (χ1v) is 9.98. The second-order valence-corrected chi connectivity index (χ2v) is 7.23. The summed E-state index contributed by atoms with van der Waals surface area (Å²) in [6.07, 6.45) is 0.646. The molecule has 1 unspecified atom stereocenters. The molecule has 0 saturated heterocycles. The SMILES string of the molecule is CCC(C(=O)Nc1sc(C(=O)N(CC)CC)c(C)c1C#N)c1ccccc1. The van der Waals surface area contributed by atoms with Crippen molar-refractivity contribution in [3.63, 3.8) is 0 Å². The number of anilines is 1. The van der Waals surface area contributed by atoms with Gasteiger partial charge in [-0.25, -0.2) is 0 Å². The Morgan fingerprint density at radius 2 is 1.81 bits per heavy atom. The second kappa shape index (κ2) is 9.33. The van der Waals surface area contributed by atoms with Gasteiger partial charge in [-0.05, 0) is 38.3 Å². The summed E-state index contributed by atoms with van der Waals surface area (Å²) in [6, 6.07) is 11.7. The van der Waals surface area contributed by atoms with Gasteiger partial charge < -0.3 is 10.2 Å². The molecule has 0 spiro atoms. The molecular formula is C21H25N3O2S. The topological polar surface area (TPSA) is 73.2 Å². The van der Waals surface area contributed by atoms with Crippen LogP contribution in [-0.4, -0.2) is 29.8 Å². The number of nitrogens with one attached hydrogen (secondary N) is 1. The van der Waals surface area contributed by atoms with Crippen LogP contribution in [0, 0.1) is 18.3 Å². The minimum absolute atomic E-state index is 0.102. The lowest BCUT2D eigenvalue weighted by atomic mass is 9.96. The minimum Gasteiger partial charge on any atom is -0.338 e. The maximum Gasteiger partial charge on any atom is 0.264 e. The monoisotopic (exact) mass is 383 g/mol. The van der Waals surface area contributed by atoms with E-state index in [1.807, 2.05) is 51.1 Å². The van der Waals surface area contributed by atoms with Gasteiger partial charge in [-0.15, -0.1) is 11.3 Å². The third-order valence-electron chi connectivity index (χ3n) is 4.67. The van der Waals surface area contributed by atoms with Gasteiger partial charge in [-0.1, -0.05) is 37.3 Å². The molecule has 0 saturated carbocycles. The fourth-order valence-electron chi connectivity index (χ4n) is 3.05. The number of carbonyl (C=O) groups excluding carboxylic acids is 2. The number of hydrogen-bond acceptors (Lipinski definition) is 4. The number of amides is 2. The Balaban J connectivity index is 2.33. The van der Waals surface area contributed by atoms with E-state index in [-0.39, 0.29) is 17.7 Å². The molecule has 27 heavy (non-hydrogen) atoms. The molecule has 2 rings (SSSR count). The highest BCUT2D eigenvalue weighted by Gasteiger charge is 2.26. The summed E-state index contributed by atoms with van der Waals surface area (Å²) < 4.78 is 0. The Morgan fingerprint density at radius 1 is 1.19 bits per heavy atom. The van der Waals surface area contributed by atoms with Crippen molar-refractivity contribution in [1.82, 2.24) is 4.90 Å². The average Bonchev–Trinajstić information content (AvgIpc) is 2.99. The van der Waals surface area contributed by atoms with Crippen LogP contribution in [-0.2, 0) is 4.79 Å². The first-order valence-electron chi connectivity index (χ1n) is 9.16. The zero-order valence-corrected chi connectivity index (χ0v) is 17.0. The van der Waals surface area contributed by atoms with Gasteiger partial charge in [0.1, 0.15) is 11.1 Å². The first-order chi connectivity index (χ1) is 13.0. The van der Waals surface area contributed by atoms with E-state index >= 15 is 0 Å². The van der Waals surface area contributed by atoms with E-state index < -0.39 is 0 Å². The van der Waals surface area contributed by atoms with Crippen molar-refractivity contribution in [2.24, 2.45) is 0 Å². The molecule has 1 atom stereocenters. The van der Waals surface area contributed by atoms with E-state index in [1.54, 1.807) is 11.8 Å². The van der Waals surface area contributed by atoms with Crippen molar-refractivity contribution >= 4 is 28.2 Å². The molecule has 2 amide bonds. The van der Waals surface area contributed by atoms with Crippen LogP contribution in [0.4, 0.5) is 5.00 Å². The number of carbonyl (C=O) groups is 2. The average molecular weight is 384 g/mol. The summed E-state index contributed by atoms with van der Waals surface area (Å²) in [5.41, 5.74) is 1.93. The number of hydrogen-bond donors (Lipinski definition) is 1. The molecule has 1 aromatic carbocycles. The van der Waals surface area contributed by atoms with E-state index in [2.05, 4.69) is 11.4 Å². The highest BCUT2D eigenvalue weighted by molar-refractivity contribution is 7.18. The van der Waals surface area contributed by atoms with Crippen molar-refractivity contribution in [3.05, 3.63) is 51.9 Å². The Hall–Kier alpha value is -2.65. The Labute approximate surface area is 164 Å². The van der Waals surface area contributed by atoms with Gasteiger partial charge in [-0.2, -0.15) is 5.26 Å². The molecule has 1 N–H and O–H groups in total. The van der Waals surface area contributed by atoms with Crippen LogP contribution < -0.4 is 5.32 Å². The van der Waals surface area contributed by atoms with E-state index in [0.29, 0.717) is 40.5 Å². The number of benzene rings is 1. The number of nitrogens with zero attached hydrogens (tertiary/aromatic N) is 2. The van der Waals surface area contributed by atoms with Crippen molar-refractivity contribution in [2.75, 3.05) is 18.4 Å². The highest BCUT2D eigenvalue weighted by atomic mass is 32.1. The molecular weight excluding hydrogens is 358 g/mol. The van der Waals surface area contributed by atoms with Crippen LogP contribution in [0.15, 0.2) is 30.3 Å². The van der Waals surface area contributed by atoms with Crippen LogP contribution in [0.25, 0.3) is 0 Å². The molecule has 2 aromatic rings. The second-order valence-electron chi connectivity index (χ2n) is 6.21. The largest absolute Gasteiger partial charge is 0.338 e. The summed E-state index contributed by atoms with van der Waals surface area (Å²) in [5.74, 6) is -0.569. The minimum atomic E-state index is -0.304. The fourth-order valence-corrected chi connectivity index (χ4v) is 4.18. The Morgan fingerprint density at radius 3 is 2.33 bits per heavy atom. The summed E-state index contributed by atoms with van der Waals surface area (Å²) >= 11 is 1.18. The van der Waals surface area contributed by atoms with Crippen LogP contribution in [0.3, 0.4) is 0 Å². The Kier molecular flexibility index (Phi) is 7.14. The zero-order valence-electron chi connectivity index (χ0n) is 16.2. The highest BCUT2D eigenvalue weighted by Crippen LogP contribution is 2.34. The van der Waals surface area contributed by atoms with Gasteiger partial charge in [0, 0.05) is 13.1 Å². The van der Waals surface area contributed by atoms with Gasteiger partial charge in [-0.3, -0.25) is 9.59 Å². The van der Waals surface area contributed by atoms with Crippen LogP contribution in [0.5, 0.6) is 0 Å². The summed E-state index contributed by atoms with van der Waals surface area (Å²) in [4.78, 5) is 27.8. The summed E-state index contributed by atoms with van der Waals surface area (Å²) in [7, 11) is 0. The number of thiophene rings is 1. The number of nitriles is 1. The molecule has 1 aromatic heterocycles. The van der Waals surface area contributed by atoms with Gasteiger partial charge in [0.2, 0.25) is 5.91 Å². The zero-order chi connectivity index (χ0) is 20.0. The predicted molar refractivity (Wildman–Crippen MR) is 109 cm³/mol. The standard InChI is InChI=1S/C21H25N3O2S/c1-5-16(15-11-9-8-10-12-15)19(25)23-20-17(13-22)14(4)18(27-20)21(26)24(6-2)7-3/h8-12,16H,5-7H2,1-4H3,(H,23,25). The lowest BCUT2D eigenvalue weighted by molar-refractivity contribution is -0.117. The summed E-state index contributed by atoms with van der Waals surface area (Å²) in [5, 5.41) is 12.9. The first kappa shape index (κ1) is 20.7. The van der Waals surface area contributed by atoms with E-state index in [9.17, 15) is 14.9 Å². The van der Waals surface area contributed by atoms with Gasteiger partial charge in [0.25, 0.3) is 5.91 Å². The molecule has 0 radical (unpaired) electrons. The van der Waals surface area contributed by atoms with Crippen molar-refractivity contribution in [1.29, 1.82) is 5.26 Å². The predicted octanol–water partition coefficient (Wildman–Crippen LogP) is 4.54. The number of rotatable bonds is 7. The maximum absolute atomic E-state index is 12.8. The molecule has 6 heteroatoms. The van der Waals surface area contributed by atoms with Crippen LogP contribution in [0.2, 0.25) is 0 Å². The smallest absolute Gasteiger partial charge is 0.264 e. The third kappa shape index (κ3) is 4.37. The van der Waals surface area contributed by atoms with E-state index in [4.69, 9.17) is 0 Å². The van der Waals surface area contributed by atoms with Crippen LogP contribution in [0.1, 0.15) is 59.5 Å². The Bertz CT molecular complexity index is 848. The third-order valence-corrected chi connectivity index (χ3v) is 5.86. The molecule has 142 valence electrons. The van der Waals surface area contributed by atoms with Crippen molar-refractivity contribution < 1.29 is 9.59 Å². The van der Waals surface area contributed by atoms with Gasteiger partial charge in [0.15, 0.2) is 0 Å². The molecule has 0 fully saturated rings.